The molecule has 0 spiro atoms. The Balaban J connectivity index is 1.88. The summed E-state index contributed by atoms with van der Waals surface area (Å²) in [5.74, 6) is 1.16. The lowest BCUT2D eigenvalue weighted by Gasteiger charge is -2.31. The number of nitrogens with one attached hydrogen (secondary N) is 1. The van der Waals surface area contributed by atoms with Crippen LogP contribution in [0.25, 0.3) is 10.8 Å². The van der Waals surface area contributed by atoms with E-state index in [-0.39, 0.29) is 6.61 Å². The van der Waals surface area contributed by atoms with Gasteiger partial charge >= 0.3 is 0 Å². The Bertz CT molecular complexity index is 553. The van der Waals surface area contributed by atoms with Gasteiger partial charge < -0.3 is 10.4 Å². The van der Waals surface area contributed by atoms with Crippen LogP contribution in [-0.2, 0) is 0 Å². The van der Waals surface area contributed by atoms with Crippen molar-refractivity contribution in [2.75, 3.05) is 11.9 Å². The minimum atomic E-state index is 0.246. The molecule has 2 aromatic rings. The summed E-state index contributed by atoms with van der Waals surface area (Å²) in [7, 11) is 0. The summed E-state index contributed by atoms with van der Waals surface area (Å²) in [6.07, 6.45) is 6.39. The van der Waals surface area contributed by atoms with Gasteiger partial charge in [0.1, 0.15) is 0 Å². The van der Waals surface area contributed by atoms with Crippen molar-refractivity contribution in [3.63, 3.8) is 0 Å². The highest BCUT2D eigenvalue weighted by Gasteiger charge is 2.25. The Labute approximate surface area is 112 Å². The molecule has 4 nitrogen and oxygen atoms in total. The number of aromatic nitrogens is 2. The van der Waals surface area contributed by atoms with Crippen LogP contribution in [0.3, 0.4) is 0 Å². The zero-order valence-corrected chi connectivity index (χ0v) is 10.9. The highest BCUT2D eigenvalue weighted by Crippen LogP contribution is 2.28. The van der Waals surface area contributed by atoms with Gasteiger partial charge in [0.2, 0.25) is 0 Å². The van der Waals surface area contributed by atoms with E-state index in [2.05, 4.69) is 21.6 Å². The number of hydrogen-bond donors (Lipinski definition) is 2. The fraction of sp³-hybridized carbons (Fsp3) is 0.467. The smallest absolute Gasteiger partial charge is 0.156 e. The number of fused-ring (bicyclic) bond motifs is 1. The molecular formula is C15H19N3O. The van der Waals surface area contributed by atoms with Crippen molar-refractivity contribution in [3.05, 3.63) is 30.5 Å². The van der Waals surface area contributed by atoms with Gasteiger partial charge in [-0.05, 0) is 12.8 Å². The van der Waals surface area contributed by atoms with E-state index in [4.69, 9.17) is 0 Å². The summed E-state index contributed by atoms with van der Waals surface area (Å²) < 4.78 is 0. The molecule has 0 bridgehead atoms. The number of aliphatic hydroxyl groups excluding tert-OH is 1. The predicted molar refractivity (Wildman–Crippen MR) is 76.0 cm³/mol. The highest BCUT2D eigenvalue weighted by atomic mass is 16.3. The van der Waals surface area contributed by atoms with Crippen LogP contribution >= 0.6 is 0 Å². The van der Waals surface area contributed by atoms with Gasteiger partial charge in [-0.2, -0.15) is 5.10 Å². The van der Waals surface area contributed by atoms with E-state index in [1.807, 2.05) is 18.2 Å². The first-order valence-corrected chi connectivity index (χ1v) is 6.96. The van der Waals surface area contributed by atoms with Crippen LogP contribution in [-0.4, -0.2) is 28.0 Å². The predicted octanol–water partition coefficient (Wildman–Crippen LogP) is 2.59. The quantitative estimate of drug-likeness (QED) is 0.887. The van der Waals surface area contributed by atoms with Crippen LogP contribution in [0, 0.1) is 5.92 Å². The van der Waals surface area contributed by atoms with Crippen LogP contribution in [0.5, 0.6) is 0 Å². The second kappa shape index (κ2) is 5.53. The van der Waals surface area contributed by atoms with Gasteiger partial charge in [-0.15, -0.1) is 5.10 Å². The SMILES string of the molecule is OCC1CCCCC1Nc1nncc2ccccc12. The molecule has 2 unspecified atom stereocenters. The summed E-state index contributed by atoms with van der Waals surface area (Å²) in [5, 5.41) is 23.4. The third-order valence-corrected chi connectivity index (χ3v) is 4.04. The molecule has 1 aliphatic carbocycles. The monoisotopic (exact) mass is 257 g/mol. The van der Waals surface area contributed by atoms with E-state index >= 15 is 0 Å². The second-order valence-electron chi connectivity index (χ2n) is 5.26. The minimum Gasteiger partial charge on any atom is -0.396 e. The first kappa shape index (κ1) is 12.4. The van der Waals surface area contributed by atoms with Crippen LogP contribution in [0.1, 0.15) is 25.7 Å². The first-order valence-electron chi connectivity index (χ1n) is 6.96. The Kier molecular flexibility index (Phi) is 3.60. The van der Waals surface area contributed by atoms with Crippen molar-refractivity contribution in [2.45, 2.75) is 31.7 Å². The lowest BCUT2D eigenvalue weighted by molar-refractivity contribution is 0.178. The molecule has 2 N–H and O–H groups in total. The number of rotatable bonds is 3. The summed E-state index contributed by atoms with van der Waals surface area (Å²) in [6, 6.07) is 8.42. The highest BCUT2D eigenvalue weighted by molar-refractivity contribution is 5.90. The van der Waals surface area contributed by atoms with E-state index in [1.165, 1.54) is 12.8 Å². The Morgan fingerprint density at radius 2 is 2.05 bits per heavy atom. The van der Waals surface area contributed by atoms with Crippen molar-refractivity contribution in [2.24, 2.45) is 5.92 Å². The molecule has 0 aliphatic heterocycles. The lowest BCUT2D eigenvalue weighted by atomic mass is 9.85. The maximum atomic E-state index is 9.48. The van der Waals surface area contributed by atoms with E-state index in [1.54, 1.807) is 6.20 Å². The maximum Gasteiger partial charge on any atom is 0.156 e. The van der Waals surface area contributed by atoms with E-state index in [9.17, 15) is 5.11 Å². The van der Waals surface area contributed by atoms with Gasteiger partial charge in [0, 0.05) is 29.3 Å². The molecule has 1 fully saturated rings. The maximum absolute atomic E-state index is 9.48. The molecular weight excluding hydrogens is 238 g/mol. The first-order chi connectivity index (χ1) is 9.38. The molecule has 100 valence electrons. The van der Waals surface area contributed by atoms with E-state index in [0.29, 0.717) is 12.0 Å². The Hall–Kier alpha value is -1.68. The topological polar surface area (TPSA) is 58.0 Å². The lowest BCUT2D eigenvalue weighted by Crippen LogP contribution is -2.34. The largest absolute Gasteiger partial charge is 0.396 e. The molecule has 1 aromatic carbocycles. The van der Waals surface area contributed by atoms with Crippen LogP contribution in [0.4, 0.5) is 5.82 Å². The van der Waals surface area contributed by atoms with Crippen molar-refractivity contribution in [3.8, 4) is 0 Å². The summed E-state index contributed by atoms with van der Waals surface area (Å²) in [4.78, 5) is 0. The van der Waals surface area contributed by atoms with Crippen molar-refractivity contribution < 1.29 is 5.11 Å². The fourth-order valence-corrected chi connectivity index (χ4v) is 2.93. The number of benzene rings is 1. The molecule has 1 aliphatic rings. The molecule has 0 radical (unpaired) electrons. The Morgan fingerprint density at radius 1 is 1.21 bits per heavy atom. The third kappa shape index (κ3) is 2.54. The summed E-state index contributed by atoms with van der Waals surface area (Å²) in [6.45, 7) is 0.246. The van der Waals surface area contributed by atoms with Crippen molar-refractivity contribution in [1.29, 1.82) is 0 Å². The van der Waals surface area contributed by atoms with Crippen molar-refractivity contribution in [1.82, 2.24) is 10.2 Å². The van der Waals surface area contributed by atoms with E-state index in [0.717, 1.165) is 29.4 Å². The third-order valence-electron chi connectivity index (χ3n) is 4.04. The van der Waals surface area contributed by atoms with Gasteiger partial charge in [-0.25, -0.2) is 0 Å². The average Bonchev–Trinajstić information content (AvgIpc) is 2.48. The molecule has 0 amide bonds. The minimum absolute atomic E-state index is 0.246. The molecule has 2 atom stereocenters. The number of hydrogen-bond acceptors (Lipinski definition) is 4. The van der Waals surface area contributed by atoms with Gasteiger partial charge in [0.05, 0.1) is 6.20 Å². The standard InChI is InChI=1S/C15H19N3O/c19-10-12-6-2-4-8-14(12)17-15-13-7-3-1-5-11(13)9-16-18-15/h1,3,5,7,9,12,14,19H,2,4,6,8,10H2,(H,17,18). The van der Waals surface area contributed by atoms with Gasteiger partial charge in [-0.1, -0.05) is 37.1 Å². The van der Waals surface area contributed by atoms with Crippen LogP contribution in [0.15, 0.2) is 30.5 Å². The summed E-state index contributed by atoms with van der Waals surface area (Å²) >= 11 is 0. The Morgan fingerprint density at radius 3 is 2.95 bits per heavy atom. The number of nitrogens with zero attached hydrogens (tertiary/aromatic N) is 2. The van der Waals surface area contributed by atoms with E-state index < -0.39 is 0 Å². The summed E-state index contributed by atoms with van der Waals surface area (Å²) in [5.41, 5.74) is 0. The molecule has 1 aromatic heterocycles. The molecule has 0 saturated heterocycles. The van der Waals surface area contributed by atoms with Crippen molar-refractivity contribution >= 4 is 16.6 Å². The normalized spacial score (nSPS) is 23.4. The zero-order valence-electron chi connectivity index (χ0n) is 10.9. The van der Waals surface area contributed by atoms with Gasteiger partial charge in [0.25, 0.3) is 0 Å². The molecule has 19 heavy (non-hydrogen) atoms. The average molecular weight is 257 g/mol. The van der Waals surface area contributed by atoms with Crippen LogP contribution in [0.2, 0.25) is 0 Å². The molecule has 3 rings (SSSR count). The van der Waals surface area contributed by atoms with Gasteiger partial charge in [0.15, 0.2) is 5.82 Å². The zero-order chi connectivity index (χ0) is 13.1. The molecule has 4 heteroatoms. The van der Waals surface area contributed by atoms with Crippen LogP contribution < -0.4 is 5.32 Å². The van der Waals surface area contributed by atoms with Gasteiger partial charge in [-0.3, -0.25) is 0 Å². The second-order valence-corrected chi connectivity index (χ2v) is 5.26. The fourth-order valence-electron chi connectivity index (χ4n) is 2.93. The molecule has 1 heterocycles. The number of anilines is 1. The molecule has 1 saturated carbocycles. The number of aliphatic hydroxyl groups is 1.